The first-order valence-corrected chi connectivity index (χ1v) is 12.3. The lowest BCUT2D eigenvalue weighted by Crippen LogP contribution is -2.38. The van der Waals surface area contributed by atoms with Crippen molar-refractivity contribution in [3.63, 3.8) is 0 Å². The summed E-state index contributed by atoms with van der Waals surface area (Å²) in [4.78, 5) is 19.6. The molecular formula is C27H31FN4O2. The van der Waals surface area contributed by atoms with Crippen molar-refractivity contribution >= 4 is 11.5 Å². The number of fused-ring (bicyclic) bond motifs is 2. The van der Waals surface area contributed by atoms with Gasteiger partial charge in [0.05, 0.1) is 11.9 Å². The Morgan fingerprint density at radius 3 is 2.65 bits per heavy atom. The number of rotatable bonds is 7. The summed E-state index contributed by atoms with van der Waals surface area (Å²) in [7, 11) is 0. The van der Waals surface area contributed by atoms with E-state index in [2.05, 4.69) is 22.1 Å². The molecule has 2 aromatic carbocycles. The minimum Gasteiger partial charge on any atom is -0.450 e. The van der Waals surface area contributed by atoms with Gasteiger partial charge in [-0.15, -0.1) is 0 Å². The number of piperidine rings is 1. The van der Waals surface area contributed by atoms with Gasteiger partial charge in [-0.3, -0.25) is 4.57 Å². The van der Waals surface area contributed by atoms with Crippen LogP contribution in [-0.4, -0.2) is 34.1 Å². The quantitative estimate of drug-likeness (QED) is 0.396. The molecule has 7 heteroatoms. The van der Waals surface area contributed by atoms with Crippen LogP contribution in [0.1, 0.15) is 49.8 Å². The van der Waals surface area contributed by atoms with Crippen molar-refractivity contribution in [2.45, 2.75) is 51.5 Å². The molecule has 0 atom stereocenters. The van der Waals surface area contributed by atoms with E-state index in [-0.39, 0.29) is 17.5 Å². The number of likely N-dealkylation sites (tertiary alicyclic amines) is 1. The molecule has 6 nitrogen and oxygen atoms in total. The number of hydrogen-bond donors (Lipinski definition) is 1. The third-order valence-electron chi connectivity index (χ3n) is 6.80. The second kappa shape index (κ2) is 9.97. The van der Waals surface area contributed by atoms with Crippen LogP contribution in [0.4, 0.5) is 15.9 Å². The lowest BCUT2D eigenvalue weighted by atomic mass is 10.0. The summed E-state index contributed by atoms with van der Waals surface area (Å²) < 4.78 is 21.3. The molecule has 1 fully saturated rings. The Labute approximate surface area is 199 Å². The maximum absolute atomic E-state index is 13.4. The minimum atomic E-state index is -0.243. The van der Waals surface area contributed by atoms with Crippen molar-refractivity contribution in [3.05, 3.63) is 76.1 Å². The number of aryl methyl sites for hydroxylation is 2. The topological polar surface area (TPSA) is 59.4 Å². The van der Waals surface area contributed by atoms with Crippen molar-refractivity contribution in [2.24, 2.45) is 0 Å². The summed E-state index contributed by atoms with van der Waals surface area (Å²) in [6.07, 6.45) is 7.65. The number of unbranched alkanes of at least 4 members (excludes halogenated alkanes) is 1. The maximum atomic E-state index is 13.4. The number of benzene rings is 2. The first-order chi connectivity index (χ1) is 16.6. The molecule has 1 N–H and O–H groups in total. The van der Waals surface area contributed by atoms with Crippen molar-refractivity contribution in [1.29, 1.82) is 0 Å². The second-order valence-electron chi connectivity index (χ2n) is 9.26. The van der Waals surface area contributed by atoms with Gasteiger partial charge in [-0.1, -0.05) is 31.5 Å². The molecule has 0 aliphatic carbocycles. The van der Waals surface area contributed by atoms with Gasteiger partial charge in [0, 0.05) is 19.1 Å². The second-order valence-corrected chi connectivity index (χ2v) is 9.26. The zero-order valence-corrected chi connectivity index (χ0v) is 19.6. The highest BCUT2D eigenvalue weighted by Crippen LogP contribution is 2.41. The molecule has 0 unspecified atom stereocenters. The van der Waals surface area contributed by atoms with Gasteiger partial charge >= 0.3 is 5.69 Å². The van der Waals surface area contributed by atoms with E-state index in [1.54, 1.807) is 16.7 Å². The maximum Gasteiger partial charge on any atom is 0.350 e. The molecule has 3 heterocycles. The summed E-state index contributed by atoms with van der Waals surface area (Å²) in [5.41, 5.74) is 2.61. The van der Waals surface area contributed by atoms with Crippen LogP contribution in [-0.2, 0) is 12.8 Å². The van der Waals surface area contributed by atoms with Crippen LogP contribution in [0.3, 0.4) is 0 Å². The van der Waals surface area contributed by atoms with E-state index in [0.717, 1.165) is 62.1 Å². The SMILES string of the molecule is CCCCN1CCC(n2cc3c(nc2=O)Nc2cc(CCc4cccc(F)c4)ccc2O3)CC1. The molecule has 178 valence electrons. The Kier molecular flexibility index (Phi) is 6.63. The van der Waals surface area contributed by atoms with Gasteiger partial charge in [-0.25, -0.2) is 9.18 Å². The van der Waals surface area contributed by atoms with Gasteiger partial charge in [-0.05, 0) is 74.0 Å². The van der Waals surface area contributed by atoms with Gasteiger partial charge in [0.2, 0.25) is 0 Å². The highest BCUT2D eigenvalue weighted by molar-refractivity contribution is 5.72. The first kappa shape index (κ1) is 22.6. The van der Waals surface area contributed by atoms with Crippen LogP contribution in [0, 0.1) is 5.82 Å². The van der Waals surface area contributed by atoms with Crippen LogP contribution < -0.4 is 15.7 Å². The van der Waals surface area contributed by atoms with Gasteiger partial charge in [0.1, 0.15) is 5.82 Å². The molecule has 0 spiro atoms. The van der Waals surface area contributed by atoms with E-state index < -0.39 is 0 Å². The Morgan fingerprint density at radius 1 is 1.09 bits per heavy atom. The van der Waals surface area contributed by atoms with E-state index in [1.165, 1.54) is 18.9 Å². The number of nitrogens with zero attached hydrogens (tertiary/aromatic N) is 3. The number of aromatic nitrogens is 2. The van der Waals surface area contributed by atoms with Crippen LogP contribution in [0.5, 0.6) is 11.5 Å². The van der Waals surface area contributed by atoms with Crippen LogP contribution in [0.25, 0.3) is 0 Å². The average molecular weight is 463 g/mol. The van der Waals surface area contributed by atoms with Gasteiger partial charge < -0.3 is 15.0 Å². The predicted octanol–water partition coefficient (Wildman–Crippen LogP) is 5.45. The van der Waals surface area contributed by atoms with E-state index in [9.17, 15) is 9.18 Å². The van der Waals surface area contributed by atoms with Crippen LogP contribution in [0.15, 0.2) is 53.5 Å². The molecule has 1 aromatic heterocycles. The van der Waals surface area contributed by atoms with Gasteiger partial charge in [0.25, 0.3) is 0 Å². The van der Waals surface area contributed by atoms with E-state index in [0.29, 0.717) is 17.3 Å². The van der Waals surface area contributed by atoms with E-state index >= 15 is 0 Å². The number of hydrogen-bond acceptors (Lipinski definition) is 5. The fourth-order valence-electron chi connectivity index (χ4n) is 4.83. The Balaban J connectivity index is 1.27. The zero-order chi connectivity index (χ0) is 23.5. The van der Waals surface area contributed by atoms with E-state index in [4.69, 9.17) is 4.74 Å². The highest BCUT2D eigenvalue weighted by Gasteiger charge is 2.25. The molecule has 0 radical (unpaired) electrons. The smallest absolute Gasteiger partial charge is 0.350 e. The Morgan fingerprint density at radius 2 is 1.88 bits per heavy atom. The summed E-state index contributed by atoms with van der Waals surface area (Å²) in [5.74, 6) is 1.53. The predicted molar refractivity (Wildman–Crippen MR) is 132 cm³/mol. The van der Waals surface area contributed by atoms with E-state index in [1.807, 2.05) is 30.5 Å². The molecule has 1 saturated heterocycles. The third kappa shape index (κ3) is 4.99. The Hall–Kier alpha value is -3.19. The monoisotopic (exact) mass is 462 g/mol. The molecule has 0 amide bonds. The minimum absolute atomic E-state index is 0.151. The lowest BCUT2D eigenvalue weighted by Gasteiger charge is -2.33. The summed E-state index contributed by atoms with van der Waals surface area (Å²) in [5, 5.41) is 3.27. The Bertz CT molecular complexity index is 1220. The van der Waals surface area contributed by atoms with Crippen molar-refractivity contribution in [3.8, 4) is 11.5 Å². The fraction of sp³-hybridized carbons (Fsp3) is 0.407. The molecule has 2 aliphatic heterocycles. The molecular weight excluding hydrogens is 431 g/mol. The number of nitrogens with one attached hydrogen (secondary N) is 1. The molecule has 5 rings (SSSR count). The first-order valence-electron chi connectivity index (χ1n) is 12.3. The number of ether oxygens (including phenoxy) is 1. The summed E-state index contributed by atoms with van der Waals surface area (Å²) in [6, 6.07) is 12.8. The fourth-order valence-corrected chi connectivity index (χ4v) is 4.83. The largest absolute Gasteiger partial charge is 0.450 e. The molecule has 2 aliphatic rings. The van der Waals surface area contributed by atoms with Crippen molar-refractivity contribution in [1.82, 2.24) is 14.5 Å². The highest BCUT2D eigenvalue weighted by atomic mass is 19.1. The van der Waals surface area contributed by atoms with Crippen molar-refractivity contribution in [2.75, 3.05) is 25.0 Å². The number of halogens is 1. The summed E-state index contributed by atoms with van der Waals surface area (Å²) >= 11 is 0. The molecule has 34 heavy (non-hydrogen) atoms. The zero-order valence-electron chi connectivity index (χ0n) is 19.6. The number of anilines is 2. The van der Waals surface area contributed by atoms with Gasteiger partial charge in [0.15, 0.2) is 17.3 Å². The van der Waals surface area contributed by atoms with Crippen LogP contribution in [0.2, 0.25) is 0 Å². The third-order valence-corrected chi connectivity index (χ3v) is 6.80. The molecule has 3 aromatic rings. The van der Waals surface area contributed by atoms with Gasteiger partial charge in [-0.2, -0.15) is 4.98 Å². The standard InChI is InChI=1S/C27H31FN4O2/c1-2-3-13-31-14-11-22(12-15-31)32-18-25-26(30-27(32)33)29-23-17-20(9-10-24(23)34-25)8-7-19-5-4-6-21(28)16-19/h4-6,9-10,16-18,22H,2-3,7-8,11-15H2,1H3,(H,29,30,33). The average Bonchev–Trinajstić information content (AvgIpc) is 2.85. The van der Waals surface area contributed by atoms with Crippen molar-refractivity contribution < 1.29 is 9.13 Å². The summed E-state index contributed by atoms with van der Waals surface area (Å²) in [6.45, 7) is 5.36. The molecule has 0 saturated carbocycles. The molecule has 0 bridgehead atoms. The van der Waals surface area contributed by atoms with Crippen LogP contribution >= 0.6 is 0 Å². The normalized spacial score (nSPS) is 15.8. The lowest BCUT2D eigenvalue weighted by molar-refractivity contribution is 0.181.